The summed E-state index contributed by atoms with van der Waals surface area (Å²) in [4.78, 5) is 36.3. The number of anilines is 5. The number of amides is 2. The van der Waals surface area contributed by atoms with Crippen LogP contribution in [0.15, 0.2) is 180 Å². The zero-order valence-electron chi connectivity index (χ0n) is 48.4. The normalized spacial score (nSPS) is 14.1. The number of hydrogen-bond acceptors (Lipinski definition) is 9. The minimum atomic E-state index is -0.0727. The molecule has 82 heavy (non-hydrogen) atoms. The number of hydrogen-bond donors (Lipinski definition) is 7. The number of carbonyl (C=O) groups excluding carboxylic acids is 2. The molecule has 7 N–H and O–H groups in total. The fourth-order valence-electron chi connectivity index (χ4n) is 11.4. The fourth-order valence-corrected chi connectivity index (χ4v) is 11.4. The lowest BCUT2D eigenvalue weighted by Gasteiger charge is -2.30. The zero-order valence-corrected chi connectivity index (χ0v) is 48.4. The number of aryl methyl sites for hydroxylation is 2. The number of aromatic nitrogens is 2. The van der Waals surface area contributed by atoms with Crippen LogP contribution in [-0.2, 0) is 0 Å². The molecule has 12 heteroatoms. The standard InChI is InChI=1S/C70H76N10O2/c1-45-42-63(77-59-35-34-58(72-7)66-48(4)55-23-15-16-24-57(55)79-67(59)66)47(3)41-61(45)73-37-17-8-10-19-39-75-69(81)52-29-25-50(26-30-52)51-27-31-53(32-28-51)70(82)76-40-20-11-9-18-38-74-62-44-65-64(43-46(62)2)78-60-36-33-56(71-6)49(5)68(60)80(65)54-21-13-12-14-22-54/h12-16,21-36,41-44,48,72-73,79H,3,8-11,17-20,37-40H2,1-2,4-7H3,(H3,71,74,75,76,81,82)/p+1. The van der Waals surface area contributed by atoms with E-state index in [-0.39, 0.29) is 17.7 Å². The molecule has 2 amide bonds. The smallest absolute Gasteiger partial charge is 0.251 e. The SMILES string of the molecule is C=C1C=C(NCCCCCCNC(=O)c2ccc(-c3ccc(C(=O)NCCCCCCNc4cc5c(cc4C)nc4ccc(NC)c(C)c4[n+]5-c4ccccc4)cc3)cc2)C(C)=CC1=Nc1ccc(NC)c2c1Nc1ccccc1C2C. The average Bonchev–Trinajstić information content (AvgIpc) is 3.64. The second-order valence-corrected chi connectivity index (χ2v) is 21.7. The molecule has 1 unspecified atom stereocenters. The Hall–Kier alpha value is -9.03. The summed E-state index contributed by atoms with van der Waals surface area (Å²) in [7, 11) is 3.93. The van der Waals surface area contributed by atoms with E-state index in [1.54, 1.807) is 0 Å². The highest BCUT2D eigenvalue weighted by Gasteiger charge is 2.28. The van der Waals surface area contributed by atoms with E-state index in [0.717, 1.165) is 171 Å². The van der Waals surface area contributed by atoms with Gasteiger partial charge in [0.15, 0.2) is 0 Å². The van der Waals surface area contributed by atoms with Gasteiger partial charge in [-0.05, 0) is 153 Å². The molecule has 10 rings (SSSR count). The first-order chi connectivity index (χ1) is 40.0. The van der Waals surface area contributed by atoms with Crippen LogP contribution in [-0.4, -0.2) is 62.8 Å². The number of nitrogens with zero attached hydrogens (tertiary/aromatic N) is 3. The van der Waals surface area contributed by atoms with E-state index in [4.69, 9.17) is 9.98 Å². The van der Waals surface area contributed by atoms with Gasteiger partial charge in [0.2, 0.25) is 16.7 Å². The Labute approximate surface area is 483 Å². The third-order valence-corrected chi connectivity index (χ3v) is 16.0. The van der Waals surface area contributed by atoms with Gasteiger partial charge in [0.05, 0.1) is 17.1 Å². The molecule has 7 aromatic carbocycles. The van der Waals surface area contributed by atoms with Crippen molar-refractivity contribution >= 4 is 73.7 Å². The van der Waals surface area contributed by atoms with Crippen molar-refractivity contribution in [1.82, 2.24) is 20.9 Å². The monoisotopic (exact) mass is 1090 g/mol. The third-order valence-electron chi connectivity index (χ3n) is 16.0. The fraction of sp³-hybridized carbons (Fsp3) is 0.271. The molecule has 1 atom stereocenters. The number of unbranched alkanes of at least 4 members (excludes halogenated alkanes) is 6. The summed E-state index contributed by atoms with van der Waals surface area (Å²) in [6.07, 6.45) is 12.3. The predicted octanol–water partition coefficient (Wildman–Crippen LogP) is 14.7. The summed E-state index contributed by atoms with van der Waals surface area (Å²) in [5.41, 5.74) is 23.5. The first-order valence-corrected chi connectivity index (χ1v) is 29.2. The topological polar surface area (TPSA) is 147 Å². The van der Waals surface area contributed by atoms with Crippen LogP contribution in [0.25, 0.3) is 38.9 Å². The van der Waals surface area contributed by atoms with Crippen molar-refractivity contribution < 1.29 is 14.2 Å². The highest BCUT2D eigenvalue weighted by Crippen LogP contribution is 2.48. The van der Waals surface area contributed by atoms with Crippen molar-refractivity contribution in [2.45, 2.75) is 85.0 Å². The molecule has 1 aliphatic carbocycles. The number of aliphatic imine (C=N–C) groups is 1. The summed E-state index contributed by atoms with van der Waals surface area (Å²) in [6, 6.07) is 47.1. The maximum Gasteiger partial charge on any atom is 0.251 e. The van der Waals surface area contributed by atoms with Gasteiger partial charge in [0.25, 0.3) is 11.8 Å². The second-order valence-electron chi connectivity index (χ2n) is 21.7. The van der Waals surface area contributed by atoms with Crippen molar-refractivity contribution in [2.75, 3.05) is 61.5 Å². The van der Waals surface area contributed by atoms with Gasteiger partial charge in [-0.25, -0.2) is 9.98 Å². The lowest BCUT2D eigenvalue weighted by atomic mass is 9.85. The molecule has 8 aromatic rings. The van der Waals surface area contributed by atoms with Crippen LogP contribution in [0.2, 0.25) is 0 Å². The van der Waals surface area contributed by atoms with Gasteiger partial charge in [-0.3, -0.25) is 9.59 Å². The summed E-state index contributed by atoms with van der Waals surface area (Å²) in [6.45, 7) is 16.0. The van der Waals surface area contributed by atoms with E-state index in [0.29, 0.717) is 24.2 Å². The summed E-state index contributed by atoms with van der Waals surface area (Å²) >= 11 is 0. The Bertz CT molecular complexity index is 3750. The number of nitrogens with one attached hydrogen (secondary N) is 7. The molecule has 0 saturated heterocycles. The van der Waals surface area contributed by atoms with Gasteiger partial charge < -0.3 is 37.2 Å². The quantitative estimate of drug-likeness (QED) is 0.0190. The zero-order chi connectivity index (χ0) is 57.1. The molecule has 12 nitrogen and oxygen atoms in total. The van der Waals surface area contributed by atoms with Gasteiger partial charge in [-0.2, -0.15) is 0 Å². The highest BCUT2D eigenvalue weighted by atomic mass is 16.2. The first-order valence-electron chi connectivity index (χ1n) is 29.2. The van der Waals surface area contributed by atoms with Crippen LogP contribution in [0.4, 0.5) is 34.1 Å². The Morgan fingerprint density at radius 2 is 1.22 bits per heavy atom. The number of para-hydroxylation sites is 2. The number of rotatable bonds is 23. The molecule has 0 saturated carbocycles. The Morgan fingerprint density at radius 3 is 1.87 bits per heavy atom. The Kier molecular flexibility index (Phi) is 17.9. The molecular formula is C70H77N10O2+. The van der Waals surface area contributed by atoms with Crippen LogP contribution in [0.1, 0.15) is 114 Å². The van der Waals surface area contributed by atoms with Crippen LogP contribution >= 0.6 is 0 Å². The summed E-state index contributed by atoms with van der Waals surface area (Å²) < 4.78 is 2.33. The van der Waals surface area contributed by atoms with Crippen LogP contribution < -0.4 is 41.8 Å². The van der Waals surface area contributed by atoms with Crippen LogP contribution in [0.3, 0.4) is 0 Å². The van der Waals surface area contributed by atoms with Gasteiger partial charge >= 0.3 is 0 Å². The minimum Gasteiger partial charge on any atom is -0.388 e. The average molecular weight is 1090 g/mol. The number of carbonyl (C=O) groups is 2. The molecule has 0 spiro atoms. The van der Waals surface area contributed by atoms with Crippen molar-refractivity contribution in [3.63, 3.8) is 0 Å². The van der Waals surface area contributed by atoms with E-state index in [1.165, 1.54) is 11.1 Å². The molecule has 1 aliphatic heterocycles. The van der Waals surface area contributed by atoms with Crippen molar-refractivity contribution in [3.05, 3.63) is 208 Å². The van der Waals surface area contributed by atoms with Gasteiger partial charge in [-0.1, -0.05) is 99.8 Å². The van der Waals surface area contributed by atoms with Gasteiger partial charge in [0.1, 0.15) is 11.0 Å². The molecule has 2 aliphatic rings. The predicted molar refractivity (Wildman–Crippen MR) is 341 cm³/mol. The molecule has 0 bridgehead atoms. The van der Waals surface area contributed by atoms with Crippen molar-refractivity contribution in [3.8, 4) is 16.8 Å². The molecule has 0 radical (unpaired) electrons. The van der Waals surface area contributed by atoms with Gasteiger partial charge in [0, 0.05) is 115 Å². The number of benzene rings is 7. The van der Waals surface area contributed by atoms with E-state index < -0.39 is 0 Å². The lowest BCUT2D eigenvalue weighted by molar-refractivity contribution is -0.538. The summed E-state index contributed by atoms with van der Waals surface area (Å²) in [5, 5.41) is 23.9. The van der Waals surface area contributed by atoms with Crippen molar-refractivity contribution in [2.24, 2.45) is 4.99 Å². The maximum absolute atomic E-state index is 13.1. The molecule has 418 valence electrons. The molecule has 1 aromatic heterocycles. The van der Waals surface area contributed by atoms with Crippen molar-refractivity contribution in [1.29, 1.82) is 0 Å². The lowest BCUT2D eigenvalue weighted by Crippen LogP contribution is -2.34. The van der Waals surface area contributed by atoms with E-state index >= 15 is 0 Å². The second kappa shape index (κ2) is 26.0. The van der Waals surface area contributed by atoms with E-state index in [1.807, 2.05) is 68.7 Å². The number of fused-ring (bicyclic) bond motifs is 4. The number of allylic oxidation sites excluding steroid dienone is 4. The van der Waals surface area contributed by atoms with Gasteiger partial charge in [-0.15, -0.1) is 4.57 Å². The first kappa shape index (κ1) is 56.3. The molecular weight excluding hydrogens is 1010 g/mol. The Balaban J connectivity index is 0.605. The van der Waals surface area contributed by atoms with E-state index in [2.05, 4.69) is 173 Å². The molecule has 2 heterocycles. The maximum atomic E-state index is 13.1. The minimum absolute atomic E-state index is 0.0708. The summed E-state index contributed by atoms with van der Waals surface area (Å²) in [5.74, 6) is 0.0775. The third kappa shape index (κ3) is 12.6. The van der Waals surface area contributed by atoms with Crippen LogP contribution in [0, 0.1) is 13.8 Å². The van der Waals surface area contributed by atoms with E-state index in [9.17, 15) is 9.59 Å². The molecule has 0 fully saturated rings. The largest absolute Gasteiger partial charge is 0.388 e. The highest BCUT2D eigenvalue weighted by molar-refractivity contribution is 6.13. The van der Waals surface area contributed by atoms with Crippen LogP contribution in [0.5, 0.6) is 0 Å². The Morgan fingerprint density at radius 1 is 0.622 bits per heavy atom.